The van der Waals surface area contributed by atoms with Gasteiger partial charge in [0.05, 0.1) is 11.1 Å². The van der Waals surface area contributed by atoms with Gasteiger partial charge in [-0.05, 0) is 50.3 Å². The minimum atomic E-state index is -0.642. The Labute approximate surface area is 165 Å². The summed E-state index contributed by atoms with van der Waals surface area (Å²) in [7, 11) is 0. The van der Waals surface area contributed by atoms with Gasteiger partial charge in [-0.25, -0.2) is 9.59 Å². The monoisotopic (exact) mass is 402 g/mol. The van der Waals surface area contributed by atoms with Crippen LogP contribution in [0.4, 0.5) is 0 Å². The van der Waals surface area contributed by atoms with Crippen molar-refractivity contribution < 1.29 is 19.0 Å². The van der Waals surface area contributed by atoms with E-state index in [2.05, 4.69) is 0 Å². The van der Waals surface area contributed by atoms with Gasteiger partial charge in [-0.15, -0.1) is 0 Å². The Hall–Kier alpha value is -2.99. The molecule has 6 nitrogen and oxygen atoms in total. The van der Waals surface area contributed by atoms with E-state index in [4.69, 9.17) is 20.4 Å². The average molecular weight is 403 g/mol. The van der Waals surface area contributed by atoms with E-state index in [1.54, 1.807) is 38.1 Å². The molecule has 0 atom stereocenters. The third-order valence-corrected chi connectivity index (χ3v) is 4.79. The van der Waals surface area contributed by atoms with Crippen molar-refractivity contribution in [3.63, 3.8) is 0 Å². The molecule has 2 aromatic heterocycles. The van der Waals surface area contributed by atoms with Crippen molar-refractivity contribution in [2.24, 2.45) is 0 Å². The fourth-order valence-electron chi connectivity index (χ4n) is 3.15. The highest BCUT2D eigenvalue weighted by Gasteiger charge is 2.22. The van der Waals surface area contributed by atoms with E-state index in [9.17, 15) is 19.8 Å². The van der Waals surface area contributed by atoms with Gasteiger partial charge in [0.15, 0.2) is 0 Å². The minimum absolute atomic E-state index is 0.0986. The fraction of sp³-hybridized carbons (Fsp3) is 0.238. The second kappa shape index (κ2) is 7.94. The highest BCUT2D eigenvalue weighted by molar-refractivity contribution is 6.30. The fourth-order valence-corrected chi connectivity index (χ4v) is 3.28. The molecule has 2 N–H and O–H groups in total. The lowest BCUT2D eigenvalue weighted by Gasteiger charge is -2.18. The summed E-state index contributed by atoms with van der Waals surface area (Å²) in [4.78, 5) is 24.5. The van der Waals surface area contributed by atoms with Crippen LogP contribution in [-0.4, -0.2) is 10.2 Å². The first-order valence-corrected chi connectivity index (χ1v) is 9.03. The van der Waals surface area contributed by atoms with E-state index in [1.807, 2.05) is 0 Å². The Morgan fingerprint density at radius 2 is 1.29 bits per heavy atom. The molecule has 0 bridgehead atoms. The molecule has 0 aliphatic rings. The number of rotatable bonds is 5. The van der Waals surface area contributed by atoms with Crippen LogP contribution in [0.3, 0.4) is 0 Å². The first-order valence-electron chi connectivity index (χ1n) is 8.65. The van der Waals surface area contributed by atoms with Crippen LogP contribution in [0.2, 0.25) is 5.02 Å². The summed E-state index contributed by atoms with van der Waals surface area (Å²) < 4.78 is 10.2. The van der Waals surface area contributed by atoms with Gasteiger partial charge in [0.1, 0.15) is 23.0 Å². The van der Waals surface area contributed by atoms with E-state index in [0.29, 0.717) is 16.5 Å². The van der Waals surface area contributed by atoms with E-state index < -0.39 is 17.2 Å². The summed E-state index contributed by atoms with van der Waals surface area (Å²) in [6.45, 7) is 3.13. The Balaban J connectivity index is 2.05. The van der Waals surface area contributed by atoms with Crippen LogP contribution < -0.4 is 11.3 Å². The van der Waals surface area contributed by atoms with Crippen molar-refractivity contribution in [3.05, 3.63) is 90.5 Å². The molecule has 0 spiro atoms. The highest BCUT2D eigenvalue weighted by atomic mass is 35.5. The first-order chi connectivity index (χ1) is 13.2. The third-order valence-electron chi connectivity index (χ3n) is 4.54. The quantitative estimate of drug-likeness (QED) is 0.672. The van der Waals surface area contributed by atoms with Crippen LogP contribution >= 0.6 is 11.6 Å². The van der Waals surface area contributed by atoms with Gasteiger partial charge >= 0.3 is 11.3 Å². The van der Waals surface area contributed by atoms with Gasteiger partial charge in [-0.1, -0.05) is 23.7 Å². The lowest BCUT2D eigenvalue weighted by Crippen LogP contribution is -2.18. The number of hydrogen-bond donors (Lipinski definition) is 2. The standard InChI is InChI=1S/C21H19ClO6/c1-11-7-18(23)16(20(25)27-11)9-14(13-3-5-15(22)6-4-13)10-17-19(24)8-12(2)28-21(17)26/h3-8,14,23-24H,9-10H2,1-2H3. The van der Waals surface area contributed by atoms with Crippen molar-refractivity contribution in [2.45, 2.75) is 32.6 Å². The Bertz CT molecular complexity index is 1040. The van der Waals surface area contributed by atoms with Crippen molar-refractivity contribution in [2.75, 3.05) is 0 Å². The second-order valence-electron chi connectivity index (χ2n) is 6.67. The minimum Gasteiger partial charge on any atom is -0.507 e. The summed E-state index contributed by atoms with van der Waals surface area (Å²) >= 11 is 5.96. The normalized spacial score (nSPS) is 11.1. The summed E-state index contributed by atoms with van der Waals surface area (Å²) in [6.07, 6.45) is 0.200. The second-order valence-corrected chi connectivity index (χ2v) is 7.11. The van der Waals surface area contributed by atoms with Gasteiger partial charge in [0, 0.05) is 17.2 Å². The number of aromatic hydroxyl groups is 2. The summed E-state index contributed by atoms with van der Waals surface area (Å²) in [5.41, 5.74) is -0.306. The van der Waals surface area contributed by atoms with Crippen LogP contribution in [0.5, 0.6) is 11.5 Å². The summed E-state index contributed by atoms with van der Waals surface area (Å²) in [5.74, 6) is -0.164. The predicted molar refractivity (Wildman–Crippen MR) is 104 cm³/mol. The smallest absolute Gasteiger partial charge is 0.342 e. The molecule has 7 heteroatoms. The van der Waals surface area contributed by atoms with Crippen molar-refractivity contribution in [1.82, 2.24) is 0 Å². The number of hydrogen-bond acceptors (Lipinski definition) is 6. The summed E-state index contributed by atoms with van der Waals surface area (Å²) in [6, 6.07) is 9.66. The lowest BCUT2D eigenvalue weighted by atomic mass is 9.87. The molecule has 3 aromatic rings. The van der Waals surface area contributed by atoms with Gasteiger partial charge in [0.25, 0.3) is 0 Å². The van der Waals surface area contributed by atoms with Gasteiger partial charge in [-0.2, -0.15) is 0 Å². The Morgan fingerprint density at radius 1 is 0.857 bits per heavy atom. The maximum atomic E-state index is 12.2. The van der Waals surface area contributed by atoms with Gasteiger partial charge in [0.2, 0.25) is 0 Å². The highest BCUT2D eigenvalue weighted by Crippen LogP contribution is 2.30. The Kier molecular flexibility index (Phi) is 5.61. The first kappa shape index (κ1) is 19.8. The lowest BCUT2D eigenvalue weighted by molar-refractivity contribution is 0.410. The van der Waals surface area contributed by atoms with E-state index in [1.165, 1.54) is 12.1 Å². The van der Waals surface area contributed by atoms with Crippen molar-refractivity contribution in [3.8, 4) is 11.5 Å². The van der Waals surface area contributed by atoms with E-state index >= 15 is 0 Å². The van der Waals surface area contributed by atoms with Crippen LogP contribution in [-0.2, 0) is 12.8 Å². The molecule has 0 amide bonds. The number of halogens is 1. The molecular weight excluding hydrogens is 384 g/mol. The SMILES string of the molecule is Cc1cc(O)c(CC(Cc2c(O)cc(C)oc2=O)c2ccc(Cl)cc2)c(=O)o1. The summed E-state index contributed by atoms with van der Waals surface area (Å²) in [5, 5.41) is 21.0. The average Bonchev–Trinajstić information content (AvgIpc) is 2.60. The largest absolute Gasteiger partial charge is 0.507 e. The molecule has 0 unspecified atom stereocenters. The van der Waals surface area contributed by atoms with Crippen LogP contribution in [0.25, 0.3) is 0 Å². The van der Waals surface area contributed by atoms with E-state index in [-0.39, 0.29) is 35.5 Å². The predicted octanol–water partition coefficient (Wildman–Crippen LogP) is 3.84. The number of aryl methyl sites for hydroxylation is 2. The third kappa shape index (κ3) is 4.28. The van der Waals surface area contributed by atoms with Crippen LogP contribution in [0, 0.1) is 13.8 Å². The molecule has 2 heterocycles. The molecule has 0 aliphatic carbocycles. The maximum absolute atomic E-state index is 12.2. The molecule has 0 aliphatic heterocycles. The molecule has 0 fully saturated rings. The number of benzene rings is 1. The molecule has 0 saturated carbocycles. The molecule has 1 aromatic carbocycles. The molecule has 28 heavy (non-hydrogen) atoms. The zero-order valence-corrected chi connectivity index (χ0v) is 16.1. The van der Waals surface area contributed by atoms with E-state index in [0.717, 1.165) is 5.56 Å². The van der Waals surface area contributed by atoms with Crippen molar-refractivity contribution in [1.29, 1.82) is 0 Å². The zero-order valence-electron chi connectivity index (χ0n) is 15.4. The maximum Gasteiger partial charge on any atom is 0.342 e. The van der Waals surface area contributed by atoms with Gasteiger partial charge in [-0.3, -0.25) is 0 Å². The van der Waals surface area contributed by atoms with Gasteiger partial charge < -0.3 is 19.0 Å². The topological polar surface area (TPSA) is 101 Å². The molecule has 0 radical (unpaired) electrons. The molecular formula is C21H19ClO6. The Morgan fingerprint density at radius 3 is 1.68 bits per heavy atom. The van der Waals surface area contributed by atoms with Crippen LogP contribution in [0.1, 0.15) is 34.1 Å². The molecule has 0 saturated heterocycles. The zero-order chi connectivity index (χ0) is 20.4. The van der Waals surface area contributed by atoms with Crippen LogP contribution in [0.15, 0.2) is 54.8 Å². The molecule has 146 valence electrons. The van der Waals surface area contributed by atoms with Crippen molar-refractivity contribution >= 4 is 11.6 Å². The molecule has 3 rings (SSSR count).